The molecule has 0 unspecified atom stereocenters. The van der Waals surface area contributed by atoms with Gasteiger partial charge in [-0.05, 0) is 66.7 Å². The number of hydrogen-bond acceptors (Lipinski definition) is 5. The van der Waals surface area contributed by atoms with Crippen LogP contribution >= 0.6 is 11.6 Å². The van der Waals surface area contributed by atoms with Gasteiger partial charge in [0.05, 0.1) is 16.3 Å². The molecule has 0 aliphatic heterocycles. The van der Waals surface area contributed by atoms with Crippen molar-refractivity contribution in [2.24, 2.45) is 4.99 Å². The van der Waals surface area contributed by atoms with Crippen molar-refractivity contribution < 1.29 is 8.42 Å². The van der Waals surface area contributed by atoms with E-state index in [1.807, 2.05) is 48.7 Å². The lowest BCUT2D eigenvalue weighted by Crippen LogP contribution is -2.12. The summed E-state index contributed by atoms with van der Waals surface area (Å²) >= 11 is 5.89. The molecule has 9 heteroatoms. The van der Waals surface area contributed by atoms with Gasteiger partial charge in [0.1, 0.15) is 5.69 Å². The molecule has 0 spiro atoms. The highest BCUT2D eigenvalue weighted by molar-refractivity contribution is 7.92. The third-order valence-electron chi connectivity index (χ3n) is 5.28. The highest BCUT2D eigenvalue weighted by Gasteiger charge is 2.15. The van der Waals surface area contributed by atoms with Gasteiger partial charge < -0.3 is 0 Å². The van der Waals surface area contributed by atoms with Gasteiger partial charge in [0.2, 0.25) is 0 Å². The number of nitrogens with zero attached hydrogens (tertiary/aromatic N) is 4. The van der Waals surface area contributed by atoms with E-state index in [4.69, 9.17) is 16.7 Å². The van der Waals surface area contributed by atoms with Crippen LogP contribution in [0.4, 0.5) is 11.4 Å². The fourth-order valence-corrected chi connectivity index (χ4v) is 4.75. The number of para-hydroxylation sites is 1. The molecule has 1 N–H and O–H groups in total. The van der Waals surface area contributed by atoms with Crippen molar-refractivity contribution in [3.05, 3.63) is 120 Å². The van der Waals surface area contributed by atoms with Gasteiger partial charge >= 0.3 is 0 Å². The minimum Gasteiger partial charge on any atom is -0.280 e. The number of anilines is 1. The molecule has 36 heavy (non-hydrogen) atoms. The Morgan fingerprint density at radius 3 is 2.47 bits per heavy atom. The lowest BCUT2D eigenvalue weighted by Gasteiger charge is -2.08. The van der Waals surface area contributed by atoms with E-state index in [9.17, 15) is 8.42 Å². The molecule has 178 valence electrons. The predicted octanol–water partition coefficient (Wildman–Crippen LogP) is 6.14. The number of benzene rings is 3. The summed E-state index contributed by atoms with van der Waals surface area (Å²) in [5.41, 5.74) is 4.13. The normalized spacial score (nSPS) is 11.6. The molecule has 0 amide bonds. The molecule has 0 radical (unpaired) electrons. The third kappa shape index (κ3) is 5.35. The van der Waals surface area contributed by atoms with E-state index in [1.54, 1.807) is 59.7 Å². The van der Waals surface area contributed by atoms with Crippen molar-refractivity contribution >= 4 is 39.2 Å². The quantitative estimate of drug-likeness (QED) is 0.265. The number of halogens is 1. The van der Waals surface area contributed by atoms with Crippen molar-refractivity contribution in [2.75, 3.05) is 4.72 Å². The van der Waals surface area contributed by atoms with Crippen molar-refractivity contribution in [2.45, 2.75) is 4.90 Å². The molecule has 0 saturated heterocycles. The van der Waals surface area contributed by atoms with Crippen LogP contribution in [0, 0.1) is 0 Å². The SMILES string of the molecule is O=S(=O)(Nc1ccc(Cl)cc1)c1cccc(N=Cc2cn(-c3ccccc3)nc2-c2cccnc2)c1. The van der Waals surface area contributed by atoms with Crippen LogP contribution in [0.25, 0.3) is 16.9 Å². The minimum atomic E-state index is -3.81. The summed E-state index contributed by atoms with van der Waals surface area (Å²) in [6.45, 7) is 0. The smallest absolute Gasteiger partial charge is 0.261 e. The van der Waals surface area contributed by atoms with E-state index in [2.05, 4.69) is 14.7 Å². The first-order valence-corrected chi connectivity index (χ1v) is 12.8. The van der Waals surface area contributed by atoms with E-state index in [0.717, 1.165) is 16.8 Å². The van der Waals surface area contributed by atoms with Crippen molar-refractivity contribution in [1.29, 1.82) is 0 Å². The van der Waals surface area contributed by atoms with Gasteiger partial charge in [-0.25, -0.2) is 13.1 Å². The molecule has 5 aromatic rings. The zero-order valence-electron chi connectivity index (χ0n) is 18.9. The third-order valence-corrected chi connectivity index (χ3v) is 6.91. The van der Waals surface area contributed by atoms with E-state index in [-0.39, 0.29) is 4.90 Å². The summed E-state index contributed by atoms with van der Waals surface area (Å²) in [4.78, 5) is 8.86. The zero-order chi connectivity index (χ0) is 25.0. The van der Waals surface area contributed by atoms with Crippen molar-refractivity contribution in [3.63, 3.8) is 0 Å². The second kappa shape index (κ2) is 10.2. The van der Waals surface area contributed by atoms with Crippen LogP contribution < -0.4 is 4.72 Å². The molecule has 0 fully saturated rings. The molecular formula is C27H20ClN5O2S. The summed E-state index contributed by atoms with van der Waals surface area (Å²) in [7, 11) is -3.81. The molecule has 3 aromatic carbocycles. The molecule has 5 rings (SSSR count). The molecule has 0 saturated carbocycles. The minimum absolute atomic E-state index is 0.0968. The van der Waals surface area contributed by atoms with E-state index in [1.165, 1.54) is 12.1 Å². The molecule has 0 aliphatic rings. The van der Waals surface area contributed by atoms with Crippen LogP contribution in [-0.4, -0.2) is 29.4 Å². The highest BCUT2D eigenvalue weighted by Crippen LogP contribution is 2.25. The van der Waals surface area contributed by atoms with Gasteiger partial charge in [-0.3, -0.25) is 14.7 Å². The van der Waals surface area contributed by atoms with E-state index in [0.29, 0.717) is 22.1 Å². The van der Waals surface area contributed by atoms with Crippen molar-refractivity contribution in [1.82, 2.24) is 14.8 Å². The summed E-state index contributed by atoms with van der Waals surface area (Å²) < 4.78 is 30.1. The number of rotatable bonds is 7. The first kappa shape index (κ1) is 23.5. The maximum Gasteiger partial charge on any atom is 0.261 e. The lowest BCUT2D eigenvalue weighted by atomic mass is 10.1. The standard InChI is InChI=1S/C27H20ClN5O2S/c28-22-11-13-23(14-12-22)32-36(34,35)26-10-4-7-24(16-26)30-18-21-19-33(25-8-2-1-3-9-25)31-27(21)20-6-5-15-29-17-20/h1-19,32H. The first-order chi connectivity index (χ1) is 17.5. The molecule has 0 atom stereocenters. The van der Waals surface area contributed by atoms with Gasteiger partial charge in [0.25, 0.3) is 10.0 Å². The Hall–Kier alpha value is -4.27. The Balaban J connectivity index is 1.46. The highest BCUT2D eigenvalue weighted by atomic mass is 35.5. The Morgan fingerprint density at radius 1 is 0.917 bits per heavy atom. The molecular weight excluding hydrogens is 494 g/mol. The second-order valence-corrected chi connectivity index (χ2v) is 9.94. The maximum absolute atomic E-state index is 12.9. The molecule has 2 heterocycles. The Labute approximate surface area is 213 Å². The Bertz CT molecular complexity index is 1620. The monoisotopic (exact) mass is 513 g/mol. The number of aliphatic imine (C=N–C) groups is 1. The lowest BCUT2D eigenvalue weighted by molar-refractivity contribution is 0.601. The summed E-state index contributed by atoms with van der Waals surface area (Å²) in [5, 5.41) is 5.27. The topological polar surface area (TPSA) is 89.2 Å². The Morgan fingerprint density at radius 2 is 1.72 bits per heavy atom. The average molecular weight is 514 g/mol. The number of sulfonamides is 1. The zero-order valence-corrected chi connectivity index (χ0v) is 20.4. The van der Waals surface area contributed by atoms with Crippen LogP contribution in [0.2, 0.25) is 5.02 Å². The van der Waals surface area contributed by atoms with Crippen molar-refractivity contribution in [3.8, 4) is 16.9 Å². The maximum atomic E-state index is 12.9. The van der Waals surface area contributed by atoms with Crippen LogP contribution in [0.1, 0.15) is 5.56 Å². The predicted molar refractivity (Wildman–Crippen MR) is 143 cm³/mol. The summed E-state index contributed by atoms with van der Waals surface area (Å²) in [5.74, 6) is 0. The van der Waals surface area contributed by atoms with Gasteiger partial charge in [-0.1, -0.05) is 35.9 Å². The molecule has 2 aromatic heterocycles. The Kier molecular flexibility index (Phi) is 6.62. The number of aromatic nitrogens is 3. The largest absolute Gasteiger partial charge is 0.280 e. The van der Waals surface area contributed by atoms with E-state index >= 15 is 0 Å². The number of hydrogen-bond donors (Lipinski definition) is 1. The van der Waals surface area contributed by atoms with Gasteiger partial charge in [-0.2, -0.15) is 5.10 Å². The molecule has 0 bridgehead atoms. The van der Waals surface area contributed by atoms with Crippen LogP contribution in [-0.2, 0) is 10.0 Å². The van der Waals surface area contributed by atoms with Gasteiger partial charge in [0, 0.05) is 46.6 Å². The summed E-state index contributed by atoms with van der Waals surface area (Å²) in [6.07, 6.45) is 7.00. The second-order valence-electron chi connectivity index (χ2n) is 7.82. The van der Waals surface area contributed by atoms with Crippen LogP contribution in [0.3, 0.4) is 0 Å². The number of nitrogens with one attached hydrogen (secondary N) is 1. The van der Waals surface area contributed by atoms with Gasteiger partial charge in [-0.15, -0.1) is 0 Å². The molecule has 7 nitrogen and oxygen atoms in total. The van der Waals surface area contributed by atoms with Crippen LogP contribution in [0.15, 0.2) is 119 Å². The molecule has 0 aliphatic carbocycles. The fraction of sp³-hybridized carbons (Fsp3) is 0. The average Bonchev–Trinajstić information content (AvgIpc) is 3.34. The fourth-order valence-electron chi connectivity index (χ4n) is 3.53. The van der Waals surface area contributed by atoms with E-state index < -0.39 is 10.0 Å². The number of pyridine rings is 1. The van der Waals surface area contributed by atoms with Crippen LogP contribution in [0.5, 0.6) is 0 Å². The first-order valence-electron chi connectivity index (χ1n) is 11.0. The summed E-state index contributed by atoms with van der Waals surface area (Å²) in [6, 6.07) is 26.4. The van der Waals surface area contributed by atoms with Gasteiger partial charge in [0.15, 0.2) is 0 Å².